The molecule has 4 rings (SSSR count). The van der Waals surface area contributed by atoms with E-state index in [9.17, 15) is 4.79 Å². The van der Waals surface area contributed by atoms with Crippen LogP contribution in [0.1, 0.15) is 31.1 Å². The van der Waals surface area contributed by atoms with Gasteiger partial charge in [0.25, 0.3) is 5.91 Å². The Kier molecular flexibility index (Phi) is 6.26. The highest BCUT2D eigenvalue weighted by atomic mass is 16.3. The third-order valence-corrected chi connectivity index (χ3v) is 5.83. The van der Waals surface area contributed by atoms with Gasteiger partial charge in [0.05, 0.1) is 5.36 Å². The molecule has 0 unspecified atom stereocenters. The van der Waals surface area contributed by atoms with Crippen molar-refractivity contribution in [2.45, 2.75) is 20.8 Å². The number of carbonyl (C=O) groups excluding carboxylic acids is 1. The van der Waals surface area contributed by atoms with Crippen LogP contribution >= 0.6 is 0 Å². The maximum Gasteiger partial charge on any atom is 0.251 e. The van der Waals surface area contributed by atoms with Crippen LogP contribution in [0.15, 0.2) is 70.1 Å². The molecule has 2 aromatic rings. The summed E-state index contributed by atoms with van der Waals surface area (Å²) in [6.07, 6.45) is 0. The molecule has 0 radical (unpaired) electrons. The Morgan fingerprint density at radius 3 is 2.47 bits per heavy atom. The number of benzene rings is 3. The largest absolute Gasteiger partial charge is 0.456 e. The summed E-state index contributed by atoms with van der Waals surface area (Å²) >= 11 is 0. The number of carbonyl (C=O) groups is 1. The van der Waals surface area contributed by atoms with E-state index in [-0.39, 0.29) is 5.91 Å². The van der Waals surface area contributed by atoms with Gasteiger partial charge in [0.2, 0.25) is 0 Å². The summed E-state index contributed by atoms with van der Waals surface area (Å²) in [5, 5.41) is 4.63. The smallest absolute Gasteiger partial charge is 0.251 e. The van der Waals surface area contributed by atoms with Crippen LogP contribution in [0.3, 0.4) is 0 Å². The number of amides is 1. The van der Waals surface area contributed by atoms with E-state index < -0.39 is 0 Å². The number of rotatable bonds is 6. The molecule has 0 bridgehead atoms. The van der Waals surface area contributed by atoms with E-state index >= 15 is 0 Å². The van der Waals surface area contributed by atoms with Gasteiger partial charge < -0.3 is 14.6 Å². The van der Waals surface area contributed by atoms with Gasteiger partial charge in [-0.2, -0.15) is 0 Å². The predicted octanol–water partition coefficient (Wildman–Crippen LogP) is 5.33. The highest BCUT2D eigenvalue weighted by Gasteiger charge is 2.21. The summed E-state index contributed by atoms with van der Waals surface area (Å²) < 4.78 is 6.41. The summed E-state index contributed by atoms with van der Waals surface area (Å²) in [5.74, 6) is 0.644. The molecule has 0 saturated carbocycles. The van der Waals surface area contributed by atoms with Crippen molar-refractivity contribution in [3.8, 4) is 22.5 Å². The SMILES string of the molecule is CCN=c1ccc2c(-c3ccccc3C(=O)NC)c3ccc(N(CC)CC)cc3oc-2c1. The fourth-order valence-electron chi connectivity index (χ4n) is 4.26. The van der Waals surface area contributed by atoms with Gasteiger partial charge in [-0.15, -0.1) is 0 Å². The Morgan fingerprint density at radius 1 is 0.969 bits per heavy atom. The number of hydrogen-bond donors (Lipinski definition) is 1. The van der Waals surface area contributed by atoms with Crippen LogP contribution in [0, 0.1) is 0 Å². The first-order chi connectivity index (χ1) is 15.6. The lowest BCUT2D eigenvalue weighted by molar-refractivity contribution is 0.0963. The van der Waals surface area contributed by atoms with Crippen molar-refractivity contribution in [2.24, 2.45) is 4.99 Å². The second-order valence-electron chi connectivity index (χ2n) is 7.61. The second kappa shape index (κ2) is 9.27. The minimum atomic E-state index is -0.111. The Labute approximate surface area is 188 Å². The van der Waals surface area contributed by atoms with Crippen molar-refractivity contribution in [1.29, 1.82) is 0 Å². The molecule has 1 aliphatic heterocycles. The van der Waals surface area contributed by atoms with Crippen LogP contribution < -0.4 is 15.6 Å². The average Bonchev–Trinajstić information content (AvgIpc) is 2.83. The maximum atomic E-state index is 12.7. The monoisotopic (exact) mass is 427 g/mol. The van der Waals surface area contributed by atoms with Crippen LogP contribution in [0.5, 0.6) is 0 Å². The quantitative estimate of drug-likeness (QED) is 0.423. The molecule has 5 nitrogen and oxygen atoms in total. The third-order valence-electron chi connectivity index (χ3n) is 5.83. The van der Waals surface area contributed by atoms with E-state index in [0.29, 0.717) is 12.1 Å². The standard InChI is InChI=1S/C27H29N3O2/c1-5-29-18-12-14-22-24(16-18)32-25-17-19(30(6-2)7-3)13-15-23(25)26(22)20-10-8-9-11-21(20)27(31)28-4/h8-17H,5-7H2,1-4H3,(H,28,31). The molecule has 0 spiro atoms. The van der Waals surface area contributed by atoms with Crippen molar-refractivity contribution >= 4 is 22.6 Å². The highest BCUT2D eigenvalue weighted by Crippen LogP contribution is 2.42. The van der Waals surface area contributed by atoms with E-state index in [1.54, 1.807) is 7.05 Å². The molecule has 0 atom stereocenters. The minimum absolute atomic E-state index is 0.111. The van der Waals surface area contributed by atoms with E-state index in [4.69, 9.17) is 4.42 Å². The van der Waals surface area contributed by atoms with Gasteiger partial charge in [-0.05, 0) is 56.7 Å². The molecule has 0 aromatic heterocycles. The molecule has 2 aromatic carbocycles. The van der Waals surface area contributed by atoms with Gasteiger partial charge >= 0.3 is 0 Å². The van der Waals surface area contributed by atoms with Gasteiger partial charge in [-0.1, -0.05) is 18.2 Å². The number of nitrogens with one attached hydrogen (secondary N) is 1. The number of hydrogen-bond acceptors (Lipinski definition) is 4. The minimum Gasteiger partial charge on any atom is -0.456 e. The second-order valence-corrected chi connectivity index (χ2v) is 7.61. The summed E-state index contributed by atoms with van der Waals surface area (Å²) in [5.41, 5.74) is 5.38. The van der Waals surface area contributed by atoms with Crippen LogP contribution in [-0.2, 0) is 0 Å². The van der Waals surface area contributed by atoms with Gasteiger partial charge in [-0.3, -0.25) is 9.79 Å². The third kappa shape index (κ3) is 3.86. The summed E-state index contributed by atoms with van der Waals surface area (Å²) in [4.78, 5) is 19.5. The zero-order chi connectivity index (χ0) is 22.7. The fraction of sp³-hybridized carbons (Fsp3) is 0.259. The van der Waals surface area contributed by atoms with E-state index in [1.165, 1.54) is 0 Å². The predicted molar refractivity (Wildman–Crippen MR) is 131 cm³/mol. The molecule has 5 heteroatoms. The van der Waals surface area contributed by atoms with Crippen LogP contribution in [0.25, 0.3) is 33.4 Å². The summed E-state index contributed by atoms with van der Waals surface area (Å²) in [6.45, 7) is 8.85. The van der Waals surface area contributed by atoms with Crippen molar-refractivity contribution in [2.75, 3.05) is 31.6 Å². The number of nitrogens with zero attached hydrogens (tertiary/aromatic N) is 2. The summed E-state index contributed by atoms with van der Waals surface area (Å²) in [6, 6.07) is 20.1. The van der Waals surface area contributed by atoms with Crippen molar-refractivity contribution in [1.82, 2.24) is 5.32 Å². The van der Waals surface area contributed by atoms with Gasteiger partial charge in [0, 0.05) is 66.6 Å². The fourth-order valence-corrected chi connectivity index (χ4v) is 4.26. The first-order valence-electron chi connectivity index (χ1n) is 11.2. The van der Waals surface area contributed by atoms with Crippen molar-refractivity contribution in [3.05, 3.63) is 71.6 Å². The van der Waals surface area contributed by atoms with Gasteiger partial charge in [-0.25, -0.2) is 0 Å². The Hall–Kier alpha value is -3.60. The first kappa shape index (κ1) is 21.6. The normalized spacial score (nSPS) is 11.8. The van der Waals surface area contributed by atoms with Crippen molar-refractivity contribution in [3.63, 3.8) is 0 Å². The summed E-state index contributed by atoms with van der Waals surface area (Å²) in [7, 11) is 1.66. The average molecular weight is 428 g/mol. The molecule has 2 aliphatic rings. The molecule has 164 valence electrons. The van der Waals surface area contributed by atoms with Crippen LogP contribution in [0.2, 0.25) is 0 Å². The molecular weight excluding hydrogens is 398 g/mol. The maximum absolute atomic E-state index is 12.7. The molecule has 1 aliphatic carbocycles. The van der Waals surface area contributed by atoms with Gasteiger partial charge in [0.1, 0.15) is 11.3 Å². The van der Waals surface area contributed by atoms with Crippen molar-refractivity contribution < 1.29 is 9.21 Å². The molecule has 1 heterocycles. The zero-order valence-electron chi connectivity index (χ0n) is 19.1. The number of anilines is 1. The molecule has 0 saturated heterocycles. The molecule has 32 heavy (non-hydrogen) atoms. The van der Waals surface area contributed by atoms with E-state index in [0.717, 1.165) is 57.6 Å². The number of fused-ring (bicyclic) bond motifs is 2. The Balaban J connectivity index is 2.10. The molecular formula is C27H29N3O2. The molecule has 1 N–H and O–H groups in total. The lowest BCUT2D eigenvalue weighted by atomic mass is 9.90. The van der Waals surface area contributed by atoms with Crippen LogP contribution in [0.4, 0.5) is 5.69 Å². The van der Waals surface area contributed by atoms with Crippen LogP contribution in [-0.4, -0.2) is 32.6 Å². The van der Waals surface area contributed by atoms with E-state index in [1.807, 2.05) is 49.4 Å². The molecule has 1 amide bonds. The first-order valence-corrected chi connectivity index (χ1v) is 11.2. The zero-order valence-corrected chi connectivity index (χ0v) is 19.1. The Bertz CT molecular complexity index is 1300. The lowest BCUT2D eigenvalue weighted by Crippen LogP contribution is -2.21. The van der Waals surface area contributed by atoms with E-state index in [2.05, 4.69) is 47.3 Å². The Morgan fingerprint density at radius 2 is 1.75 bits per heavy atom. The highest BCUT2D eigenvalue weighted by molar-refractivity contribution is 6.09. The van der Waals surface area contributed by atoms with Gasteiger partial charge in [0.15, 0.2) is 0 Å². The molecule has 0 fully saturated rings. The lowest BCUT2D eigenvalue weighted by Gasteiger charge is -2.22. The topological polar surface area (TPSA) is 57.8 Å².